The Labute approximate surface area is 211 Å². The molecule has 0 aromatic heterocycles. The Balaban J connectivity index is 2.27. The fourth-order valence-electron chi connectivity index (χ4n) is 4.76. The first-order chi connectivity index (χ1) is 17.5. The second kappa shape index (κ2) is 10.6. The lowest BCUT2D eigenvalue weighted by Gasteiger charge is -2.42. The molecule has 0 aliphatic carbocycles. The summed E-state index contributed by atoms with van der Waals surface area (Å²) in [7, 11) is 0. The number of nitrogens with zero attached hydrogens (tertiary/aromatic N) is 1. The summed E-state index contributed by atoms with van der Waals surface area (Å²) in [4.78, 5) is 13.8. The third-order valence-electron chi connectivity index (χ3n) is 6.53. The molecule has 0 saturated heterocycles. The first-order valence-corrected chi connectivity index (χ1v) is 11.5. The van der Waals surface area contributed by atoms with E-state index in [9.17, 15) is 48.7 Å². The van der Waals surface area contributed by atoms with Gasteiger partial charge >= 0.3 is 24.6 Å². The van der Waals surface area contributed by atoms with E-state index in [1.54, 1.807) is 6.92 Å². The van der Waals surface area contributed by atoms with Crippen molar-refractivity contribution in [3.63, 3.8) is 0 Å². The molecule has 210 valence electrons. The Hall–Kier alpha value is -2.99. The number of carbonyl (C=O) groups excluding carboxylic acids is 1. The van der Waals surface area contributed by atoms with E-state index in [4.69, 9.17) is 4.74 Å². The van der Waals surface area contributed by atoms with Crippen LogP contribution in [0.3, 0.4) is 0 Å². The van der Waals surface area contributed by atoms with E-state index in [0.717, 1.165) is 11.0 Å². The molecule has 38 heavy (non-hydrogen) atoms. The molecule has 1 aliphatic rings. The molecule has 0 fully saturated rings. The van der Waals surface area contributed by atoms with Crippen LogP contribution in [-0.4, -0.2) is 25.4 Å². The zero-order valence-corrected chi connectivity index (χ0v) is 20.1. The van der Waals surface area contributed by atoms with Crippen LogP contribution in [-0.2, 0) is 23.3 Å². The van der Waals surface area contributed by atoms with E-state index in [1.807, 2.05) is 0 Å². The van der Waals surface area contributed by atoms with Gasteiger partial charge in [-0.3, -0.25) is 9.29 Å². The first kappa shape index (κ1) is 29.6. The van der Waals surface area contributed by atoms with Crippen LogP contribution in [0.1, 0.15) is 66.3 Å². The molecule has 1 amide bonds. The second-order valence-electron chi connectivity index (χ2n) is 8.84. The Kier molecular flexibility index (Phi) is 8.28. The van der Waals surface area contributed by atoms with Crippen LogP contribution in [0.2, 0.25) is 0 Å². The molecule has 0 spiro atoms. The van der Waals surface area contributed by atoms with Gasteiger partial charge in [0.15, 0.2) is 0 Å². The van der Waals surface area contributed by atoms with Gasteiger partial charge in [0.2, 0.25) is 0 Å². The molecular formula is C25H23F10NO2. The van der Waals surface area contributed by atoms with Gasteiger partial charge in [-0.25, -0.2) is 4.79 Å². The number of hydrogen-bond donors (Lipinski definition) is 0. The van der Waals surface area contributed by atoms with E-state index in [1.165, 1.54) is 6.92 Å². The summed E-state index contributed by atoms with van der Waals surface area (Å²) in [6.07, 6.45) is -16.2. The van der Waals surface area contributed by atoms with Crippen molar-refractivity contribution in [2.75, 3.05) is 18.2 Å². The van der Waals surface area contributed by atoms with Gasteiger partial charge in [-0.15, -0.1) is 0 Å². The molecule has 3 rings (SSSR count). The monoisotopic (exact) mass is 559 g/mol. The van der Waals surface area contributed by atoms with Crippen LogP contribution in [0.25, 0.3) is 0 Å². The lowest BCUT2D eigenvalue weighted by molar-refractivity contribution is -0.143. The summed E-state index contributed by atoms with van der Waals surface area (Å²) in [6, 6.07) is 2.20. The highest BCUT2D eigenvalue weighted by atomic mass is 19.4. The van der Waals surface area contributed by atoms with Crippen LogP contribution in [0, 0.1) is 0 Å². The standard InChI is InChI=1S/C25H23F10NO2/c1-3-17-11-18(19-10-14(23(27,28)29)5-6-21(19)36(17)22(37)38-4-2)20(12-26)13-7-15(24(30,31)32)9-16(8-13)25(33,34)35/h5-10,17-18,20H,3-4,11-12H2,1-2H3/t17-,18-,20+/m1/s1. The molecule has 1 heterocycles. The SMILES string of the molecule is CCOC(=O)N1c2ccc(C(F)(F)F)cc2[C@H]([C@@H](CF)c2cc(C(F)(F)F)cc(C(F)(F)F)c2)C[C@H]1CC. The van der Waals surface area contributed by atoms with Crippen molar-refractivity contribution in [1.29, 1.82) is 0 Å². The molecule has 0 bridgehead atoms. The number of rotatable bonds is 5. The van der Waals surface area contributed by atoms with Gasteiger partial charge < -0.3 is 4.74 Å². The Bertz CT molecular complexity index is 1120. The van der Waals surface area contributed by atoms with Gasteiger partial charge in [0, 0.05) is 12.0 Å². The van der Waals surface area contributed by atoms with Crippen molar-refractivity contribution >= 4 is 11.8 Å². The maximum atomic E-state index is 14.5. The first-order valence-electron chi connectivity index (χ1n) is 11.5. The summed E-state index contributed by atoms with van der Waals surface area (Å²) in [5.41, 5.74) is -5.48. The summed E-state index contributed by atoms with van der Waals surface area (Å²) < 4.78 is 141. The predicted octanol–water partition coefficient (Wildman–Crippen LogP) is 8.73. The van der Waals surface area contributed by atoms with Gasteiger partial charge in [-0.05, 0) is 73.2 Å². The summed E-state index contributed by atoms with van der Waals surface area (Å²) in [6.45, 7) is 1.60. The summed E-state index contributed by atoms with van der Waals surface area (Å²) in [5.74, 6) is -2.95. The topological polar surface area (TPSA) is 29.5 Å². The van der Waals surface area contributed by atoms with Crippen LogP contribution in [0.5, 0.6) is 0 Å². The highest BCUT2D eigenvalue weighted by molar-refractivity contribution is 5.90. The van der Waals surface area contributed by atoms with Gasteiger partial charge in [0.05, 0.1) is 35.7 Å². The number of carbonyl (C=O) groups is 1. The van der Waals surface area contributed by atoms with E-state index >= 15 is 0 Å². The van der Waals surface area contributed by atoms with Crippen LogP contribution < -0.4 is 4.90 Å². The molecule has 3 atom stereocenters. The third-order valence-corrected chi connectivity index (χ3v) is 6.53. The maximum absolute atomic E-state index is 14.5. The number of halogens is 10. The van der Waals surface area contributed by atoms with Gasteiger partial charge in [0.25, 0.3) is 0 Å². The normalized spacial score (nSPS) is 19.2. The number of alkyl halides is 10. The summed E-state index contributed by atoms with van der Waals surface area (Å²) >= 11 is 0. The molecular weight excluding hydrogens is 536 g/mol. The molecule has 1 aliphatic heterocycles. The fourth-order valence-corrected chi connectivity index (χ4v) is 4.76. The van der Waals surface area contributed by atoms with E-state index < -0.39 is 71.4 Å². The average molecular weight is 559 g/mol. The summed E-state index contributed by atoms with van der Waals surface area (Å²) in [5, 5.41) is 0. The molecule has 2 aromatic carbocycles. The quantitative estimate of drug-likeness (QED) is 0.343. The lowest BCUT2D eigenvalue weighted by atomic mass is 9.74. The maximum Gasteiger partial charge on any atom is 0.416 e. The number of amides is 1. The third kappa shape index (κ3) is 6.01. The van der Waals surface area contributed by atoms with Crippen LogP contribution in [0.4, 0.5) is 54.4 Å². The lowest BCUT2D eigenvalue weighted by Crippen LogP contribution is -2.46. The Morgan fingerprint density at radius 2 is 1.45 bits per heavy atom. The zero-order valence-electron chi connectivity index (χ0n) is 20.1. The minimum Gasteiger partial charge on any atom is -0.449 e. The molecule has 0 N–H and O–H groups in total. The zero-order chi connectivity index (χ0) is 28.6. The van der Waals surface area contributed by atoms with E-state index in [-0.39, 0.29) is 36.8 Å². The van der Waals surface area contributed by atoms with Gasteiger partial charge in [0.1, 0.15) is 0 Å². The van der Waals surface area contributed by atoms with Crippen molar-refractivity contribution in [1.82, 2.24) is 0 Å². The molecule has 13 heteroatoms. The minimum absolute atomic E-state index is 0.0667. The number of benzene rings is 2. The molecule has 0 radical (unpaired) electrons. The molecule has 3 nitrogen and oxygen atoms in total. The number of anilines is 1. The van der Waals surface area contributed by atoms with Gasteiger partial charge in [-0.1, -0.05) is 6.92 Å². The van der Waals surface area contributed by atoms with Crippen LogP contribution in [0.15, 0.2) is 36.4 Å². The Morgan fingerprint density at radius 3 is 1.89 bits per heavy atom. The van der Waals surface area contributed by atoms with Crippen molar-refractivity contribution < 1.29 is 53.4 Å². The number of ether oxygens (including phenoxy) is 1. The molecule has 0 unspecified atom stereocenters. The number of fused-ring (bicyclic) bond motifs is 1. The van der Waals surface area contributed by atoms with Crippen molar-refractivity contribution in [3.05, 3.63) is 64.2 Å². The molecule has 0 saturated carbocycles. The van der Waals surface area contributed by atoms with Crippen LogP contribution >= 0.6 is 0 Å². The average Bonchev–Trinajstić information content (AvgIpc) is 2.82. The fraction of sp³-hybridized carbons (Fsp3) is 0.480. The predicted molar refractivity (Wildman–Crippen MR) is 118 cm³/mol. The minimum atomic E-state index is -5.20. The van der Waals surface area contributed by atoms with Crippen molar-refractivity contribution in [2.24, 2.45) is 0 Å². The Morgan fingerprint density at radius 1 is 0.895 bits per heavy atom. The second-order valence-corrected chi connectivity index (χ2v) is 8.84. The van der Waals surface area contributed by atoms with E-state index in [2.05, 4.69) is 0 Å². The number of hydrogen-bond acceptors (Lipinski definition) is 2. The van der Waals surface area contributed by atoms with E-state index in [0.29, 0.717) is 24.3 Å². The highest BCUT2D eigenvalue weighted by Crippen LogP contribution is 2.49. The highest BCUT2D eigenvalue weighted by Gasteiger charge is 2.43. The van der Waals surface area contributed by atoms with Gasteiger partial charge in [-0.2, -0.15) is 39.5 Å². The largest absolute Gasteiger partial charge is 0.449 e. The smallest absolute Gasteiger partial charge is 0.416 e. The van der Waals surface area contributed by atoms with Crippen molar-refractivity contribution in [2.45, 2.75) is 63.1 Å². The molecule has 2 aromatic rings. The van der Waals surface area contributed by atoms with Crippen molar-refractivity contribution in [3.8, 4) is 0 Å².